The van der Waals surface area contributed by atoms with E-state index in [2.05, 4.69) is 0 Å². The summed E-state index contributed by atoms with van der Waals surface area (Å²) >= 11 is 0. The van der Waals surface area contributed by atoms with Crippen molar-refractivity contribution in [3.05, 3.63) is 29.3 Å². The number of hydrogen-bond acceptors (Lipinski definition) is 3. The van der Waals surface area contributed by atoms with Crippen molar-refractivity contribution in [2.75, 3.05) is 0 Å². The van der Waals surface area contributed by atoms with Crippen LogP contribution < -0.4 is 0 Å². The Morgan fingerprint density at radius 3 is 2.54 bits per heavy atom. The Morgan fingerprint density at radius 2 is 2.08 bits per heavy atom. The fourth-order valence-electron chi connectivity index (χ4n) is 1.07. The largest absolute Gasteiger partial charge is 0.507 e. The summed E-state index contributed by atoms with van der Waals surface area (Å²) in [6.07, 6.45) is -0.876. The minimum atomic E-state index is -1.21. The molecule has 0 saturated carbocycles. The van der Waals surface area contributed by atoms with E-state index in [-0.39, 0.29) is 16.9 Å². The minimum Gasteiger partial charge on any atom is -0.507 e. The molecular weight excluding hydrogens is 172 g/mol. The second kappa shape index (κ2) is 3.45. The number of carboxylic acids is 1. The number of para-hydroxylation sites is 1. The second-order valence-electron chi connectivity index (χ2n) is 2.72. The van der Waals surface area contributed by atoms with Gasteiger partial charge in [0.2, 0.25) is 0 Å². The van der Waals surface area contributed by atoms with Crippen LogP contribution in [0, 0.1) is 0 Å². The molecule has 4 nitrogen and oxygen atoms in total. The van der Waals surface area contributed by atoms with Crippen molar-refractivity contribution in [2.24, 2.45) is 0 Å². The first-order valence-electron chi connectivity index (χ1n) is 3.77. The van der Waals surface area contributed by atoms with Gasteiger partial charge in [0.05, 0.1) is 6.10 Å². The van der Waals surface area contributed by atoms with E-state index in [9.17, 15) is 9.90 Å². The molecule has 0 aliphatic rings. The van der Waals surface area contributed by atoms with Crippen LogP contribution in [0.2, 0.25) is 0 Å². The lowest BCUT2D eigenvalue weighted by atomic mass is 10.1. The minimum absolute atomic E-state index is 0.196. The van der Waals surface area contributed by atoms with Crippen LogP contribution in [-0.4, -0.2) is 21.3 Å². The van der Waals surface area contributed by atoms with Crippen molar-refractivity contribution in [3.8, 4) is 5.75 Å². The summed E-state index contributed by atoms with van der Waals surface area (Å²) in [5.74, 6) is -1.58. The predicted octanol–water partition coefficient (Wildman–Crippen LogP) is 1.14. The number of rotatable bonds is 2. The molecule has 0 heterocycles. The molecule has 0 aliphatic carbocycles. The van der Waals surface area contributed by atoms with Gasteiger partial charge in [0.15, 0.2) is 0 Å². The number of aliphatic hydroxyl groups is 1. The highest BCUT2D eigenvalue weighted by Gasteiger charge is 2.14. The maximum atomic E-state index is 10.6. The van der Waals surface area contributed by atoms with Gasteiger partial charge in [-0.15, -0.1) is 0 Å². The number of carbonyl (C=O) groups is 1. The van der Waals surface area contributed by atoms with Gasteiger partial charge in [0.25, 0.3) is 0 Å². The molecule has 1 aromatic carbocycles. The third-order valence-corrected chi connectivity index (χ3v) is 1.75. The molecule has 0 saturated heterocycles. The summed E-state index contributed by atoms with van der Waals surface area (Å²) in [7, 11) is 0. The van der Waals surface area contributed by atoms with Crippen LogP contribution in [0.4, 0.5) is 0 Å². The maximum absolute atomic E-state index is 10.6. The van der Waals surface area contributed by atoms with Gasteiger partial charge in [-0.3, -0.25) is 0 Å². The van der Waals surface area contributed by atoms with Gasteiger partial charge in [0.1, 0.15) is 11.3 Å². The van der Waals surface area contributed by atoms with Crippen molar-refractivity contribution < 1.29 is 20.1 Å². The normalized spacial score (nSPS) is 12.5. The summed E-state index contributed by atoms with van der Waals surface area (Å²) in [6, 6.07) is 4.24. The molecule has 3 N–H and O–H groups in total. The topological polar surface area (TPSA) is 77.8 Å². The van der Waals surface area contributed by atoms with Crippen molar-refractivity contribution in [2.45, 2.75) is 13.0 Å². The number of aromatic hydroxyl groups is 1. The highest BCUT2D eigenvalue weighted by Crippen LogP contribution is 2.27. The highest BCUT2D eigenvalue weighted by atomic mass is 16.4. The number of hydrogen-bond donors (Lipinski definition) is 3. The Balaban J connectivity index is 3.26. The number of benzene rings is 1. The van der Waals surface area contributed by atoms with Gasteiger partial charge in [-0.1, -0.05) is 12.1 Å². The van der Waals surface area contributed by atoms with E-state index in [1.807, 2.05) is 0 Å². The van der Waals surface area contributed by atoms with Crippen LogP contribution in [0.1, 0.15) is 28.9 Å². The van der Waals surface area contributed by atoms with E-state index >= 15 is 0 Å². The summed E-state index contributed by atoms with van der Waals surface area (Å²) in [4.78, 5) is 10.6. The zero-order valence-electron chi connectivity index (χ0n) is 7.06. The van der Waals surface area contributed by atoms with E-state index in [0.717, 1.165) is 0 Å². The Kier molecular flexibility index (Phi) is 2.53. The number of phenols is 1. The fourth-order valence-corrected chi connectivity index (χ4v) is 1.07. The quantitative estimate of drug-likeness (QED) is 0.641. The molecule has 1 unspecified atom stereocenters. The monoisotopic (exact) mass is 182 g/mol. The van der Waals surface area contributed by atoms with E-state index in [1.165, 1.54) is 25.1 Å². The van der Waals surface area contributed by atoms with Crippen LogP contribution in [0.25, 0.3) is 0 Å². The maximum Gasteiger partial charge on any atom is 0.339 e. The molecule has 0 spiro atoms. The first-order chi connectivity index (χ1) is 6.04. The highest BCUT2D eigenvalue weighted by molar-refractivity contribution is 5.91. The van der Waals surface area contributed by atoms with Crippen molar-refractivity contribution in [1.82, 2.24) is 0 Å². The van der Waals surface area contributed by atoms with Gasteiger partial charge in [-0.2, -0.15) is 0 Å². The lowest BCUT2D eigenvalue weighted by Crippen LogP contribution is -2.00. The Bertz CT molecular complexity index is 330. The summed E-state index contributed by atoms with van der Waals surface area (Å²) in [6.45, 7) is 1.46. The third kappa shape index (κ3) is 1.78. The lowest BCUT2D eigenvalue weighted by Gasteiger charge is -2.08. The smallest absolute Gasteiger partial charge is 0.339 e. The average molecular weight is 182 g/mol. The SMILES string of the molecule is CC(O)c1cccc(C(=O)O)c1O. The third-order valence-electron chi connectivity index (χ3n) is 1.75. The van der Waals surface area contributed by atoms with Gasteiger partial charge >= 0.3 is 5.97 Å². The standard InChI is InChI=1S/C9H10O4/c1-5(10)6-3-2-4-7(8(6)11)9(12)13/h2-5,10-11H,1H3,(H,12,13). The summed E-state index contributed by atoms with van der Waals surface area (Å²) in [5.41, 5.74) is 0.0262. The first-order valence-corrected chi connectivity index (χ1v) is 3.77. The van der Waals surface area contributed by atoms with Crippen molar-refractivity contribution >= 4 is 5.97 Å². The fraction of sp³-hybridized carbons (Fsp3) is 0.222. The van der Waals surface area contributed by atoms with Crippen molar-refractivity contribution in [3.63, 3.8) is 0 Å². The molecule has 0 aliphatic heterocycles. The summed E-state index contributed by atoms with van der Waals surface area (Å²) < 4.78 is 0. The number of aromatic carboxylic acids is 1. The predicted molar refractivity (Wildman–Crippen MR) is 45.7 cm³/mol. The molecule has 0 bridgehead atoms. The molecule has 1 aromatic rings. The Morgan fingerprint density at radius 1 is 1.46 bits per heavy atom. The first kappa shape index (κ1) is 9.54. The van der Waals surface area contributed by atoms with E-state index in [4.69, 9.17) is 10.2 Å². The van der Waals surface area contributed by atoms with Crippen LogP contribution in [0.5, 0.6) is 5.75 Å². The van der Waals surface area contributed by atoms with Gasteiger partial charge in [0, 0.05) is 5.56 Å². The zero-order chi connectivity index (χ0) is 10.0. The number of carboxylic acid groups (broad SMARTS) is 1. The van der Waals surface area contributed by atoms with E-state index in [0.29, 0.717) is 0 Å². The van der Waals surface area contributed by atoms with Crippen LogP contribution >= 0.6 is 0 Å². The van der Waals surface area contributed by atoms with Gasteiger partial charge in [-0.25, -0.2) is 4.79 Å². The van der Waals surface area contributed by atoms with Crippen molar-refractivity contribution in [1.29, 1.82) is 0 Å². The van der Waals surface area contributed by atoms with Crippen LogP contribution in [0.3, 0.4) is 0 Å². The van der Waals surface area contributed by atoms with Gasteiger partial charge in [-0.05, 0) is 13.0 Å². The molecule has 70 valence electrons. The van der Waals surface area contributed by atoms with Gasteiger partial charge < -0.3 is 15.3 Å². The Labute approximate surface area is 75.1 Å². The van der Waals surface area contributed by atoms with Crippen LogP contribution in [-0.2, 0) is 0 Å². The van der Waals surface area contributed by atoms with Crippen LogP contribution in [0.15, 0.2) is 18.2 Å². The molecule has 4 heteroatoms. The van der Waals surface area contributed by atoms with E-state index in [1.54, 1.807) is 0 Å². The average Bonchev–Trinajstić information content (AvgIpc) is 2.03. The summed E-state index contributed by atoms with van der Waals surface area (Å²) in [5, 5.41) is 27.2. The molecule has 0 radical (unpaired) electrons. The molecule has 0 aromatic heterocycles. The number of aliphatic hydroxyl groups excluding tert-OH is 1. The molecule has 1 rings (SSSR count). The molecular formula is C9H10O4. The molecule has 0 fully saturated rings. The lowest BCUT2D eigenvalue weighted by molar-refractivity contribution is 0.0693. The molecule has 1 atom stereocenters. The molecule has 0 amide bonds. The zero-order valence-corrected chi connectivity index (χ0v) is 7.06. The second-order valence-corrected chi connectivity index (χ2v) is 2.72. The molecule has 13 heavy (non-hydrogen) atoms. The van der Waals surface area contributed by atoms with E-state index < -0.39 is 12.1 Å². The Hall–Kier alpha value is -1.55.